The van der Waals surface area contributed by atoms with Gasteiger partial charge in [-0.3, -0.25) is 0 Å². The van der Waals surface area contributed by atoms with E-state index in [1.54, 1.807) is 0 Å². The predicted octanol–water partition coefficient (Wildman–Crippen LogP) is 3.16. The van der Waals surface area contributed by atoms with Crippen LogP contribution in [0.5, 0.6) is 0 Å². The van der Waals surface area contributed by atoms with E-state index in [9.17, 15) is 0 Å². The van der Waals surface area contributed by atoms with Gasteiger partial charge >= 0.3 is 0 Å². The van der Waals surface area contributed by atoms with Crippen molar-refractivity contribution in [3.63, 3.8) is 0 Å². The minimum Gasteiger partial charge on any atom is -0.441 e. The van der Waals surface area contributed by atoms with Crippen LogP contribution < -0.4 is 5.32 Å². The Bertz CT molecular complexity index is 605. The monoisotopic (exact) mass is 286 g/mol. The van der Waals surface area contributed by atoms with Gasteiger partial charge in [-0.25, -0.2) is 4.98 Å². The lowest BCUT2D eigenvalue weighted by Crippen LogP contribution is -2.22. The minimum atomic E-state index is 0.666. The molecule has 0 radical (unpaired) electrons. The van der Waals surface area contributed by atoms with Gasteiger partial charge in [0.05, 0.1) is 19.4 Å². The quantitative estimate of drug-likeness (QED) is 0.829. The molecule has 4 nitrogen and oxygen atoms in total. The number of ether oxygens (including phenoxy) is 1. The molecular weight excluding hydrogens is 264 g/mol. The van der Waals surface area contributed by atoms with E-state index in [0.717, 1.165) is 43.3 Å². The highest BCUT2D eigenvalue weighted by atomic mass is 16.5. The molecule has 112 valence electrons. The third-order valence-electron chi connectivity index (χ3n) is 3.63. The molecule has 0 unspecified atom stereocenters. The zero-order valence-electron chi connectivity index (χ0n) is 12.7. The Morgan fingerprint density at radius 1 is 1.24 bits per heavy atom. The van der Waals surface area contributed by atoms with Crippen LogP contribution in [0.2, 0.25) is 0 Å². The molecule has 0 bridgehead atoms. The van der Waals surface area contributed by atoms with Crippen molar-refractivity contribution >= 4 is 0 Å². The summed E-state index contributed by atoms with van der Waals surface area (Å²) in [6.45, 7) is 7.75. The average molecular weight is 286 g/mol. The van der Waals surface area contributed by atoms with Crippen LogP contribution in [0, 0.1) is 5.92 Å². The van der Waals surface area contributed by atoms with E-state index in [2.05, 4.69) is 42.3 Å². The standard InChI is InChI=1S/C17H22N2O2/c1-12(2)8-18-6-5-17-19-9-16(21-17)13-3-4-14-10-20-11-15(14)7-13/h3-4,7,9,12,18H,5-6,8,10-11H2,1-2H3. The van der Waals surface area contributed by atoms with Crippen LogP contribution in [-0.2, 0) is 24.4 Å². The van der Waals surface area contributed by atoms with Gasteiger partial charge in [-0.15, -0.1) is 0 Å². The topological polar surface area (TPSA) is 47.3 Å². The van der Waals surface area contributed by atoms with Gasteiger partial charge in [0.2, 0.25) is 0 Å². The summed E-state index contributed by atoms with van der Waals surface area (Å²) in [5.41, 5.74) is 3.61. The van der Waals surface area contributed by atoms with Crippen LogP contribution in [0.4, 0.5) is 0 Å². The second-order valence-electron chi connectivity index (χ2n) is 5.94. The van der Waals surface area contributed by atoms with Crippen molar-refractivity contribution in [3.05, 3.63) is 41.4 Å². The lowest BCUT2D eigenvalue weighted by atomic mass is 10.1. The van der Waals surface area contributed by atoms with Crippen molar-refractivity contribution in [2.45, 2.75) is 33.5 Å². The summed E-state index contributed by atoms with van der Waals surface area (Å²) in [4.78, 5) is 4.36. The fourth-order valence-corrected chi connectivity index (χ4v) is 2.47. The number of hydrogen-bond acceptors (Lipinski definition) is 4. The molecule has 2 heterocycles. The summed E-state index contributed by atoms with van der Waals surface area (Å²) in [5, 5.41) is 3.40. The lowest BCUT2D eigenvalue weighted by molar-refractivity contribution is 0.134. The molecule has 0 spiro atoms. The highest BCUT2D eigenvalue weighted by molar-refractivity contribution is 5.59. The van der Waals surface area contributed by atoms with Crippen molar-refractivity contribution in [1.82, 2.24) is 10.3 Å². The summed E-state index contributed by atoms with van der Waals surface area (Å²) in [7, 11) is 0. The number of nitrogens with zero attached hydrogens (tertiary/aromatic N) is 1. The number of hydrogen-bond donors (Lipinski definition) is 1. The van der Waals surface area contributed by atoms with Crippen LogP contribution in [0.3, 0.4) is 0 Å². The van der Waals surface area contributed by atoms with Crippen LogP contribution in [0.15, 0.2) is 28.8 Å². The van der Waals surface area contributed by atoms with Gasteiger partial charge in [0, 0.05) is 18.5 Å². The van der Waals surface area contributed by atoms with E-state index in [-0.39, 0.29) is 0 Å². The number of nitrogens with one attached hydrogen (secondary N) is 1. The molecule has 4 heteroatoms. The molecule has 21 heavy (non-hydrogen) atoms. The van der Waals surface area contributed by atoms with Crippen molar-refractivity contribution < 1.29 is 9.15 Å². The van der Waals surface area contributed by atoms with Crippen molar-refractivity contribution in [3.8, 4) is 11.3 Å². The molecule has 0 atom stereocenters. The maximum Gasteiger partial charge on any atom is 0.196 e. The highest BCUT2D eigenvalue weighted by Crippen LogP contribution is 2.27. The molecule has 0 amide bonds. The number of fused-ring (bicyclic) bond motifs is 1. The Kier molecular flexibility index (Phi) is 4.36. The number of oxazole rings is 1. The number of benzene rings is 1. The third kappa shape index (κ3) is 3.52. The van der Waals surface area contributed by atoms with E-state index in [1.165, 1.54) is 11.1 Å². The van der Waals surface area contributed by atoms with E-state index in [4.69, 9.17) is 9.15 Å². The molecular formula is C17H22N2O2. The first-order chi connectivity index (χ1) is 10.2. The van der Waals surface area contributed by atoms with Gasteiger partial charge in [-0.2, -0.15) is 0 Å². The Morgan fingerprint density at radius 3 is 2.95 bits per heavy atom. The van der Waals surface area contributed by atoms with Gasteiger partial charge in [-0.05, 0) is 29.7 Å². The zero-order valence-corrected chi connectivity index (χ0v) is 12.7. The summed E-state index contributed by atoms with van der Waals surface area (Å²) in [6, 6.07) is 6.34. The van der Waals surface area contributed by atoms with Crippen molar-refractivity contribution in [1.29, 1.82) is 0 Å². The Morgan fingerprint density at radius 2 is 2.10 bits per heavy atom. The van der Waals surface area contributed by atoms with Gasteiger partial charge < -0.3 is 14.5 Å². The van der Waals surface area contributed by atoms with Crippen LogP contribution >= 0.6 is 0 Å². The predicted molar refractivity (Wildman–Crippen MR) is 81.8 cm³/mol. The normalized spacial score (nSPS) is 13.9. The molecule has 1 aliphatic rings. The molecule has 0 saturated carbocycles. The Hall–Kier alpha value is -1.65. The van der Waals surface area contributed by atoms with Crippen LogP contribution in [0.1, 0.15) is 30.9 Å². The molecule has 1 aromatic heterocycles. The Labute approximate surface area is 125 Å². The first-order valence-electron chi connectivity index (χ1n) is 7.57. The van der Waals surface area contributed by atoms with Crippen LogP contribution in [0.25, 0.3) is 11.3 Å². The highest BCUT2D eigenvalue weighted by Gasteiger charge is 2.13. The van der Waals surface area contributed by atoms with Crippen molar-refractivity contribution in [2.24, 2.45) is 5.92 Å². The zero-order chi connectivity index (χ0) is 14.7. The molecule has 2 aromatic rings. The van der Waals surface area contributed by atoms with E-state index >= 15 is 0 Å². The first-order valence-corrected chi connectivity index (χ1v) is 7.57. The van der Waals surface area contributed by atoms with Gasteiger partial charge in [0.25, 0.3) is 0 Å². The molecule has 1 aliphatic heterocycles. The second-order valence-corrected chi connectivity index (χ2v) is 5.94. The maximum absolute atomic E-state index is 5.84. The SMILES string of the molecule is CC(C)CNCCc1ncc(-c2ccc3c(c2)COC3)o1. The number of rotatable bonds is 6. The summed E-state index contributed by atoms with van der Waals surface area (Å²) in [6.07, 6.45) is 2.64. The smallest absolute Gasteiger partial charge is 0.196 e. The van der Waals surface area contributed by atoms with E-state index in [0.29, 0.717) is 12.5 Å². The average Bonchev–Trinajstić information content (AvgIpc) is 3.11. The van der Waals surface area contributed by atoms with E-state index < -0.39 is 0 Å². The molecule has 0 aliphatic carbocycles. The van der Waals surface area contributed by atoms with Crippen molar-refractivity contribution in [2.75, 3.05) is 13.1 Å². The van der Waals surface area contributed by atoms with Gasteiger partial charge in [-0.1, -0.05) is 26.0 Å². The van der Waals surface area contributed by atoms with Gasteiger partial charge in [0.15, 0.2) is 11.7 Å². The molecule has 3 rings (SSSR count). The van der Waals surface area contributed by atoms with Crippen LogP contribution in [-0.4, -0.2) is 18.1 Å². The summed E-state index contributed by atoms with van der Waals surface area (Å²) < 4.78 is 11.3. The fraction of sp³-hybridized carbons (Fsp3) is 0.471. The van der Waals surface area contributed by atoms with E-state index in [1.807, 2.05) is 6.20 Å². The third-order valence-corrected chi connectivity index (χ3v) is 3.63. The first kappa shape index (κ1) is 14.3. The molecule has 0 fully saturated rings. The van der Waals surface area contributed by atoms with Gasteiger partial charge in [0.1, 0.15) is 0 Å². The minimum absolute atomic E-state index is 0.666. The largest absolute Gasteiger partial charge is 0.441 e. The second kappa shape index (κ2) is 6.41. The molecule has 0 saturated heterocycles. The fourth-order valence-electron chi connectivity index (χ4n) is 2.47. The maximum atomic E-state index is 5.84. The number of aromatic nitrogens is 1. The summed E-state index contributed by atoms with van der Waals surface area (Å²) >= 11 is 0. The Balaban J connectivity index is 1.62. The lowest BCUT2D eigenvalue weighted by Gasteiger charge is -2.05. The molecule has 1 aromatic carbocycles. The summed E-state index contributed by atoms with van der Waals surface area (Å²) in [5.74, 6) is 2.29. The molecule has 1 N–H and O–H groups in total.